The van der Waals surface area contributed by atoms with Crippen molar-refractivity contribution >= 4 is 5.97 Å². The maximum absolute atomic E-state index is 10.8. The van der Waals surface area contributed by atoms with Gasteiger partial charge in [-0.1, -0.05) is 45.4 Å². The number of carbonyl (C=O) groups is 1. The van der Waals surface area contributed by atoms with Gasteiger partial charge in [-0.2, -0.15) is 0 Å². The summed E-state index contributed by atoms with van der Waals surface area (Å²) in [6, 6.07) is 0. The Kier molecular flexibility index (Phi) is 8.26. The molecule has 0 radical (unpaired) electrons. The number of carbonyl (C=O) groups excluding carboxylic acids is 1. The van der Waals surface area contributed by atoms with E-state index in [4.69, 9.17) is 0 Å². The molecule has 19 heavy (non-hydrogen) atoms. The Hall–Kier alpha value is -0.610. The quantitative estimate of drug-likeness (QED) is 0.456. The van der Waals surface area contributed by atoms with Crippen LogP contribution < -0.4 is 5.11 Å². The van der Waals surface area contributed by atoms with E-state index in [0.29, 0.717) is 17.4 Å². The fourth-order valence-corrected chi connectivity index (χ4v) is 2.61. The number of carboxylic acids is 1. The van der Waals surface area contributed by atoms with Crippen LogP contribution in [0.5, 0.6) is 0 Å². The van der Waals surface area contributed by atoms with Crippen molar-refractivity contribution in [3.63, 3.8) is 0 Å². The third kappa shape index (κ3) is 11.0. The van der Waals surface area contributed by atoms with Gasteiger partial charge in [-0.25, -0.2) is 0 Å². The molecule has 4 nitrogen and oxygen atoms in total. The monoisotopic (exact) mass is 273 g/mol. The van der Waals surface area contributed by atoms with Crippen LogP contribution in [0.3, 0.4) is 0 Å². The Morgan fingerprint density at radius 2 is 1.63 bits per heavy atom. The molecule has 0 saturated carbocycles. The first-order valence-electron chi connectivity index (χ1n) is 7.41. The normalized spacial score (nSPS) is 15.2. The lowest BCUT2D eigenvalue weighted by molar-refractivity contribution is -0.877. The number of likely N-dealkylation sites (N-methyl/N-ethyl adjacent to an activating group) is 1. The summed E-state index contributed by atoms with van der Waals surface area (Å²) in [7, 11) is 5.88. The zero-order chi connectivity index (χ0) is 14.9. The number of hydrogen-bond donors (Lipinski definition) is 1. The Bertz CT molecular complexity index is 261. The van der Waals surface area contributed by atoms with Gasteiger partial charge in [0, 0.05) is 12.4 Å². The van der Waals surface area contributed by atoms with Crippen molar-refractivity contribution in [1.82, 2.24) is 0 Å². The smallest absolute Gasteiger partial charge is 0.119 e. The molecule has 0 fully saturated rings. The summed E-state index contributed by atoms with van der Waals surface area (Å²) in [5.74, 6) is -1.16. The van der Waals surface area contributed by atoms with E-state index in [9.17, 15) is 15.0 Å². The van der Waals surface area contributed by atoms with Gasteiger partial charge in [0.15, 0.2) is 0 Å². The summed E-state index contributed by atoms with van der Waals surface area (Å²) in [6.07, 6.45) is 7.09. The lowest BCUT2D eigenvalue weighted by Crippen LogP contribution is -2.51. The molecule has 0 aromatic heterocycles. The van der Waals surface area contributed by atoms with Crippen LogP contribution in [-0.4, -0.2) is 48.8 Å². The average molecular weight is 273 g/mol. The van der Waals surface area contributed by atoms with Gasteiger partial charge in [0.1, 0.15) is 12.1 Å². The summed E-state index contributed by atoms with van der Waals surface area (Å²) in [4.78, 5) is 10.8. The highest BCUT2D eigenvalue weighted by Gasteiger charge is 2.33. The zero-order valence-electron chi connectivity index (χ0n) is 13.1. The van der Waals surface area contributed by atoms with E-state index < -0.39 is 11.6 Å². The van der Waals surface area contributed by atoms with Crippen LogP contribution >= 0.6 is 0 Å². The molecule has 0 heterocycles. The molecule has 0 aliphatic carbocycles. The maximum Gasteiger partial charge on any atom is 0.119 e. The molecular weight excluding hydrogens is 242 g/mol. The number of nitrogens with zero attached hydrogens (tertiary/aromatic N) is 1. The summed E-state index contributed by atoms with van der Waals surface area (Å²) in [5.41, 5.74) is -1.14. The zero-order valence-corrected chi connectivity index (χ0v) is 13.1. The molecule has 114 valence electrons. The molecule has 1 unspecified atom stereocenters. The highest BCUT2D eigenvalue weighted by molar-refractivity contribution is 5.65. The van der Waals surface area contributed by atoms with Gasteiger partial charge in [0.05, 0.1) is 21.1 Å². The van der Waals surface area contributed by atoms with Crippen LogP contribution in [0.15, 0.2) is 0 Å². The number of carboxylic acid groups (broad SMARTS) is 1. The Labute approximate surface area is 118 Å². The molecule has 0 saturated heterocycles. The second-order valence-electron chi connectivity index (χ2n) is 6.74. The van der Waals surface area contributed by atoms with E-state index in [-0.39, 0.29) is 6.42 Å². The Morgan fingerprint density at radius 1 is 1.11 bits per heavy atom. The lowest BCUT2D eigenvalue weighted by atomic mass is 9.91. The van der Waals surface area contributed by atoms with Crippen molar-refractivity contribution in [2.24, 2.45) is 0 Å². The predicted molar refractivity (Wildman–Crippen MR) is 75.5 cm³/mol. The minimum Gasteiger partial charge on any atom is -0.550 e. The third-order valence-corrected chi connectivity index (χ3v) is 3.24. The minimum absolute atomic E-state index is 0.266. The number of hydrogen-bond acceptors (Lipinski definition) is 3. The van der Waals surface area contributed by atoms with Crippen LogP contribution in [0.4, 0.5) is 0 Å². The van der Waals surface area contributed by atoms with E-state index in [2.05, 4.69) is 6.92 Å². The lowest BCUT2D eigenvalue weighted by Gasteiger charge is -2.36. The molecule has 0 rings (SSSR count). The maximum atomic E-state index is 10.8. The molecule has 0 spiro atoms. The minimum atomic E-state index is -1.16. The van der Waals surface area contributed by atoms with E-state index in [1.54, 1.807) is 0 Å². The van der Waals surface area contributed by atoms with Crippen LogP contribution in [0, 0.1) is 0 Å². The van der Waals surface area contributed by atoms with E-state index in [1.807, 2.05) is 21.1 Å². The molecule has 0 amide bonds. The summed E-state index contributed by atoms with van der Waals surface area (Å²) in [5, 5.41) is 21.3. The first kappa shape index (κ1) is 18.4. The van der Waals surface area contributed by atoms with E-state index in [0.717, 1.165) is 12.8 Å². The largest absolute Gasteiger partial charge is 0.550 e. The van der Waals surface area contributed by atoms with Crippen LogP contribution in [0.25, 0.3) is 0 Å². The fourth-order valence-electron chi connectivity index (χ4n) is 2.61. The first-order valence-corrected chi connectivity index (χ1v) is 7.41. The first-order chi connectivity index (χ1) is 8.68. The van der Waals surface area contributed by atoms with Crippen molar-refractivity contribution in [2.75, 3.05) is 27.7 Å². The van der Waals surface area contributed by atoms with Crippen LogP contribution in [0.1, 0.15) is 58.3 Å². The molecular formula is C15H31NO3. The molecule has 0 aliphatic heterocycles. The molecule has 1 N–H and O–H groups in total. The molecule has 0 aliphatic rings. The van der Waals surface area contributed by atoms with Crippen molar-refractivity contribution < 1.29 is 19.5 Å². The standard InChI is InChI=1S/C15H31NO3/c1-5-6-7-8-9-10-11-15(19,12-14(17)18)13-16(2,3)4/h19H,5-13H2,1-4H3. The van der Waals surface area contributed by atoms with Crippen molar-refractivity contribution in [3.05, 3.63) is 0 Å². The van der Waals surface area contributed by atoms with E-state index in [1.165, 1.54) is 25.7 Å². The second-order valence-corrected chi connectivity index (χ2v) is 6.74. The van der Waals surface area contributed by atoms with E-state index >= 15 is 0 Å². The van der Waals surface area contributed by atoms with Gasteiger partial charge in [-0.05, 0) is 6.42 Å². The summed E-state index contributed by atoms with van der Waals surface area (Å²) >= 11 is 0. The molecule has 4 heteroatoms. The predicted octanol–water partition coefficient (Wildman–Crippen LogP) is 1.31. The summed E-state index contributed by atoms with van der Waals surface area (Å²) < 4.78 is 0.555. The molecule has 0 aromatic rings. The SMILES string of the molecule is CCCCCCCCC(O)(CC(=O)[O-])C[N+](C)(C)C. The van der Waals surface area contributed by atoms with Gasteiger partial charge in [-0.3, -0.25) is 0 Å². The van der Waals surface area contributed by atoms with Gasteiger partial charge in [-0.15, -0.1) is 0 Å². The van der Waals surface area contributed by atoms with Gasteiger partial charge in [0.25, 0.3) is 0 Å². The number of aliphatic carboxylic acids is 1. The topological polar surface area (TPSA) is 60.4 Å². The van der Waals surface area contributed by atoms with Crippen molar-refractivity contribution in [3.8, 4) is 0 Å². The van der Waals surface area contributed by atoms with Gasteiger partial charge in [0.2, 0.25) is 0 Å². The fraction of sp³-hybridized carbons (Fsp3) is 0.933. The second kappa shape index (κ2) is 8.54. The number of aliphatic hydroxyl groups is 1. The van der Waals surface area contributed by atoms with Gasteiger partial charge >= 0.3 is 0 Å². The van der Waals surface area contributed by atoms with Crippen LogP contribution in [0.2, 0.25) is 0 Å². The van der Waals surface area contributed by atoms with Crippen molar-refractivity contribution in [2.45, 2.75) is 63.9 Å². The van der Waals surface area contributed by atoms with Gasteiger partial charge < -0.3 is 19.5 Å². The Balaban J connectivity index is 4.16. The highest BCUT2D eigenvalue weighted by Crippen LogP contribution is 2.22. The summed E-state index contributed by atoms with van der Waals surface area (Å²) in [6.45, 7) is 2.62. The molecule has 0 bridgehead atoms. The molecule has 0 aromatic carbocycles. The molecule has 1 atom stereocenters. The number of unbranched alkanes of at least 4 members (excludes halogenated alkanes) is 5. The Morgan fingerprint density at radius 3 is 2.11 bits per heavy atom. The third-order valence-electron chi connectivity index (χ3n) is 3.24. The average Bonchev–Trinajstić information content (AvgIpc) is 2.19. The number of quaternary nitrogens is 1. The van der Waals surface area contributed by atoms with Crippen LogP contribution in [-0.2, 0) is 4.79 Å². The highest BCUT2D eigenvalue weighted by atomic mass is 16.4. The van der Waals surface area contributed by atoms with Crippen molar-refractivity contribution in [1.29, 1.82) is 0 Å². The number of rotatable bonds is 11.